The molecular weight excluding hydrogens is 188 g/mol. The second-order valence-electron chi connectivity index (χ2n) is 4.33. The molecule has 3 heteroatoms. The number of rotatable bonds is 1. The lowest BCUT2D eigenvalue weighted by Gasteiger charge is -2.39. The largest absolute Gasteiger partial charge is 0.508 e. The van der Waals surface area contributed by atoms with Crippen LogP contribution in [-0.2, 0) is 0 Å². The van der Waals surface area contributed by atoms with Gasteiger partial charge in [0.2, 0.25) is 0 Å². The number of nitrogens with one attached hydrogen (secondary N) is 1. The van der Waals surface area contributed by atoms with E-state index < -0.39 is 0 Å². The predicted molar refractivity (Wildman–Crippen MR) is 62.4 cm³/mol. The molecule has 0 radical (unpaired) electrons. The molecule has 1 aliphatic heterocycles. The molecule has 1 aromatic rings. The fourth-order valence-corrected chi connectivity index (χ4v) is 2.05. The Morgan fingerprint density at radius 1 is 1.40 bits per heavy atom. The van der Waals surface area contributed by atoms with Crippen LogP contribution in [0.3, 0.4) is 0 Å². The summed E-state index contributed by atoms with van der Waals surface area (Å²) >= 11 is 0. The van der Waals surface area contributed by atoms with Gasteiger partial charge in [-0.1, -0.05) is 6.07 Å². The Hall–Kier alpha value is -1.22. The number of aromatic hydroxyl groups is 1. The van der Waals surface area contributed by atoms with Crippen molar-refractivity contribution < 1.29 is 5.11 Å². The van der Waals surface area contributed by atoms with Gasteiger partial charge in [0.15, 0.2) is 0 Å². The third-order valence-electron chi connectivity index (χ3n) is 2.93. The zero-order chi connectivity index (χ0) is 10.8. The van der Waals surface area contributed by atoms with E-state index in [0.29, 0.717) is 17.8 Å². The van der Waals surface area contributed by atoms with Crippen LogP contribution < -0.4 is 10.2 Å². The molecule has 0 saturated carbocycles. The molecule has 2 rings (SSSR count). The van der Waals surface area contributed by atoms with E-state index in [4.69, 9.17) is 0 Å². The van der Waals surface area contributed by atoms with Crippen LogP contribution >= 0.6 is 0 Å². The van der Waals surface area contributed by atoms with Crippen LogP contribution in [0, 0.1) is 0 Å². The first-order valence-electron chi connectivity index (χ1n) is 5.46. The number of phenolic OH excluding ortho intramolecular Hbond substituents is 1. The van der Waals surface area contributed by atoms with Gasteiger partial charge in [0.05, 0.1) is 0 Å². The Morgan fingerprint density at radius 3 is 2.93 bits per heavy atom. The fraction of sp³-hybridized carbons (Fsp3) is 0.500. The minimum Gasteiger partial charge on any atom is -0.508 e. The van der Waals surface area contributed by atoms with Crippen molar-refractivity contribution in [1.29, 1.82) is 0 Å². The quantitative estimate of drug-likeness (QED) is 0.732. The van der Waals surface area contributed by atoms with Crippen molar-refractivity contribution in [2.75, 3.05) is 18.0 Å². The first-order valence-corrected chi connectivity index (χ1v) is 5.46. The van der Waals surface area contributed by atoms with Gasteiger partial charge >= 0.3 is 0 Å². The molecule has 1 aromatic carbocycles. The zero-order valence-electron chi connectivity index (χ0n) is 9.27. The lowest BCUT2D eigenvalue weighted by Crippen LogP contribution is -2.54. The molecule has 2 atom stereocenters. The van der Waals surface area contributed by atoms with Gasteiger partial charge in [-0.3, -0.25) is 0 Å². The lowest BCUT2D eigenvalue weighted by atomic mass is 10.1. The highest BCUT2D eigenvalue weighted by Crippen LogP contribution is 2.23. The van der Waals surface area contributed by atoms with Crippen molar-refractivity contribution in [3.05, 3.63) is 24.3 Å². The molecule has 0 aromatic heterocycles. The molecule has 0 bridgehead atoms. The summed E-state index contributed by atoms with van der Waals surface area (Å²) in [6, 6.07) is 8.46. The third-order valence-corrected chi connectivity index (χ3v) is 2.93. The van der Waals surface area contributed by atoms with E-state index in [1.165, 1.54) is 0 Å². The Bertz CT molecular complexity index is 340. The van der Waals surface area contributed by atoms with Crippen LogP contribution in [0.2, 0.25) is 0 Å². The molecular formula is C12H18N2O. The standard InChI is InChI=1S/C12H18N2O/c1-9-8-14(10(2)7-13-9)11-4-3-5-12(15)6-11/h3-6,9-10,13,15H,7-8H2,1-2H3/t9-,10+/m1/s1. The zero-order valence-corrected chi connectivity index (χ0v) is 9.27. The van der Waals surface area contributed by atoms with Crippen LogP contribution in [0.4, 0.5) is 5.69 Å². The van der Waals surface area contributed by atoms with Gasteiger partial charge in [-0.2, -0.15) is 0 Å². The highest BCUT2D eigenvalue weighted by molar-refractivity contribution is 5.51. The SMILES string of the molecule is C[C@@H]1CN(c2cccc(O)c2)[C@@H](C)CN1. The second-order valence-corrected chi connectivity index (χ2v) is 4.33. The Balaban J connectivity index is 2.21. The van der Waals surface area contributed by atoms with Crippen LogP contribution in [-0.4, -0.2) is 30.3 Å². The first kappa shape index (κ1) is 10.3. The summed E-state index contributed by atoms with van der Waals surface area (Å²) in [6.07, 6.45) is 0. The maximum atomic E-state index is 9.45. The molecule has 15 heavy (non-hydrogen) atoms. The molecule has 1 fully saturated rings. The van der Waals surface area contributed by atoms with Crippen LogP contribution in [0.15, 0.2) is 24.3 Å². The number of anilines is 1. The molecule has 0 aliphatic carbocycles. The summed E-state index contributed by atoms with van der Waals surface area (Å²) in [4.78, 5) is 2.33. The molecule has 0 spiro atoms. The molecule has 0 amide bonds. The molecule has 0 unspecified atom stereocenters. The van der Waals surface area contributed by atoms with E-state index in [1.807, 2.05) is 18.2 Å². The Morgan fingerprint density at radius 2 is 2.20 bits per heavy atom. The molecule has 1 saturated heterocycles. The minimum absolute atomic E-state index is 0.339. The van der Waals surface area contributed by atoms with Crippen LogP contribution in [0.25, 0.3) is 0 Å². The number of phenols is 1. The normalized spacial score (nSPS) is 26.7. The smallest absolute Gasteiger partial charge is 0.117 e. The van der Waals surface area contributed by atoms with Gasteiger partial charge in [-0.05, 0) is 26.0 Å². The third kappa shape index (κ3) is 2.23. The van der Waals surface area contributed by atoms with Gasteiger partial charge < -0.3 is 15.3 Å². The van der Waals surface area contributed by atoms with E-state index >= 15 is 0 Å². The number of hydrogen-bond acceptors (Lipinski definition) is 3. The maximum Gasteiger partial charge on any atom is 0.117 e. The van der Waals surface area contributed by atoms with E-state index in [1.54, 1.807) is 6.07 Å². The number of benzene rings is 1. The summed E-state index contributed by atoms with van der Waals surface area (Å²) in [7, 11) is 0. The van der Waals surface area contributed by atoms with Gasteiger partial charge in [-0.15, -0.1) is 0 Å². The van der Waals surface area contributed by atoms with Crippen LogP contribution in [0.1, 0.15) is 13.8 Å². The van der Waals surface area contributed by atoms with Crippen LogP contribution in [0.5, 0.6) is 5.75 Å². The van der Waals surface area contributed by atoms with E-state index in [2.05, 4.69) is 24.1 Å². The maximum absolute atomic E-state index is 9.45. The van der Waals surface area contributed by atoms with Crippen molar-refractivity contribution in [2.45, 2.75) is 25.9 Å². The second kappa shape index (κ2) is 4.11. The van der Waals surface area contributed by atoms with E-state index in [9.17, 15) is 5.11 Å². The molecule has 2 N–H and O–H groups in total. The first-order chi connectivity index (χ1) is 7.16. The summed E-state index contributed by atoms with van der Waals surface area (Å²) in [6.45, 7) is 6.37. The molecule has 3 nitrogen and oxygen atoms in total. The Labute approximate surface area is 90.7 Å². The van der Waals surface area contributed by atoms with Gasteiger partial charge in [-0.25, -0.2) is 0 Å². The average Bonchev–Trinajstić information content (AvgIpc) is 2.22. The van der Waals surface area contributed by atoms with Gasteiger partial charge in [0.25, 0.3) is 0 Å². The summed E-state index contributed by atoms with van der Waals surface area (Å²) in [5, 5.41) is 12.9. The summed E-state index contributed by atoms with van der Waals surface area (Å²) < 4.78 is 0. The minimum atomic E-state index is 0.339. The highest BCUT2D eigenvalue weighted by atomic mass is 16.3. The molecule has 82 valence electrons. The highest BCUT2D eigenvalue weighted by Gasteiger charge is 2.22. The van der Waals surface area contributed by atoms with Crippen molar-refractivity contribution >= 4 is 5.69 Å². The van der Waals surface area contributed by atoms with Crippen molar-refractivity contribution in [1.82, 2.24) is 5.32 Å². The summed E-state index contributed by atoms with van der Waals surface area (Å²) in [5.41, 5.74) is 1.11. The average molecular weight is 206 g/mol. The van der Waals surface area contributed by atoms with E-state index in [0.717, 1.165) is 18.8 Å². The van der Waals surface area contributed by atoms with Crippen molar-refractivity contribution in [2.24, 2.45) is 0 Å². The summed E-state index contributed by atoms with van der Waals surface area (Å²) in [5.74, 6) is 0.339. The van der Waals surface area contributed by atoms with Crippen molar-refractivity contribution in [3.63, 3.8) is 0 Å². The molecule has 1 heterocycles. The number of nitrogens with zero attached hydrogens (tertiary/aromatic N) is 1. The topological polar surface area (TPSA) is 35.5 Å². The monoisotopic (exact) mass is 206 g/mol. The van der Waals surface area contributed by atoms with Gasteiger partial charge in [0.1, 0.15) is 5.75 Å². The fourth-order valence-electron chi connectivity index (χ4n) is 2.05. The lowest BCUT2D eigenvalue weighted by molar-refractivity contribution is 0.424. The Kier molecular flexibility index (Phi) is 2.82. The predicted octanol–water partition coefficient (Wildman–Crippen LogP) is 1.58. The number of piperazine rings is 1. The molecule has 1 aliphatic rings. The van der Waals surface area contributed by atoms with Gasteiger partial charge in [0, 0.05) is 36.9 Å². The number of hydrogen-bond donors (Lipinski definition) is 2. The van der Waals surface area contributed by atoms with E-state index in [-0.39, 0.29) is 0 Å². The van der Waals surface area contributed by atoms with Crippen molar-refractivity contribution in [3.8, 4) is 5.75 Å².